The smallest absolute Gasteiger partial charge is 0.0751 e. The van der Waals surface area contributed by atoms with Gasteiger partial charge in [-0.2, -0.15) is 0 Å². The third-order valence-electron chi connectivity index (χ3n) is 3.77. The first-order chi connectivity index (χ1) is 11.4. The second-order valence-corrected chi connectivity index (χ2v) is 7.22. The topological polar surface area (TPSA) is 25.8 Å². The predicted molar refractivity (Wildman–Crippen MR) is 96.9 cm³/mol. The molecular formula is C20H15N2P. The van der Waals surface area contributed by atoms with E-state index in [4.69, 9.17) is 0 Å². The van der Waals surface area contributed by atoms with Crippen molar-refractivity contribution in [3.63, 3.8) is 0 Å². The maximum absolute atomic E-state index is 4.60. The average Bonchev–Trinajstić information content (AvgIpc) is 3.09. The highest BCUT2D eigenvalue weighted by Gasteiger charge is 2.16. The van der Waals surface area contributed by atoms with Crippen LogP contribution in [0, 0.1) is 0 Å². The molecule has 1 aromatic carbocycles. The van der Waals surface area contributed by atoms with E-state index >= 15 is 0 Å². The summed E-state index contributed by atoms with van der Waals surface area (Å²) < 4.78 is 0. The molecule has 0 saturated carbocycles. The van der Waals surface area contributed by atoms with Crippen LogP contribution >= 0.6 is 7.53 Å². The zero-order chi connectivity index (χ0) is 15.5. The van der Waals surface area contributed by atoms with Crippen LogP contribution in [0.5, 0.6) is 0 Å². The summed E-state index contributed by atoms with van der Waals surface area (Å²) in [7, 11) is -0.546. The Morgan fingerprint density at radius 1 is 0.609 bits per heavy atom. The van der Waals surface area contributed by atoms with E-state index in [1.807, 2.05) is 36.7 Å². The lowest BCUT2D eigenvalue weighted by Gasteiger charge is -2.09. The van der Waals surface area contributed by atoms with Crippen molar-refractivity contribution < 1.29 is 0 Å². The van der Waals surface area contributed by atoms with Gasteiger partial charge >= 0.3 is 0 Å². The van der Waals surface area contributed by atoms with E-state index in [9.17, 15) is 0 Å². The number of benzene rings is 1. The minimum Gasteiger partial charge on any atom is -0.256 e. The van der Waals surface area contributed by atoms with Gasteiger partial charge < -0.3 is 0 Å². The molecule has 3 aromatic heterocycles. The zero-order valence-electron chi connectivity index (χ0n) is 12.5. The number of nitrogens with zero attached hydrogens (tertiary/aromatic N) is 2. The van der Waals surface area contributed by atoms with E-state index in [-0.39, 0.29) is 0 Å². The summed E-state index contributed by atoms with van der Waals surface area (Å²) in [6.07, 6.45) is 3.70. The zero-order valence-corrected chi connectivity index (χ0v) is 13.4. The van der Waals surface area contributed by atoms with Gasteiger partial charge in [0.15, 0.2) is 0 Å². The Hall–Kier alpha value is -2.70. The fourth-order valence-electron chi connectivity index (χ4n) is 2.73. The molecule has 2 nitrogen and oxygen atoms in total. The summed E-state index contributed by atoms with van der Waals surface area (Å²) in [5.74, 6) is 2.30. The summed E-state index contributed by atoms with van der Waals surface area (Å²) >= 11 is 0. The van der Waals surface area contributed by atoms with Crippen molar-refractivity contribution in [1.29, 1.82) is 0 Å². The molecule has 4 rings (SSSR count). The van der Waals surface area contributed by atoms with Gasteiger partial charge in [0.05, 0.1) is 11.4 Å². The van der Waals surface area contributed by atoms with Crippen LogP contribution < -0.4 is 0 Å². The summed E-state index contributed by atoms with van der Waals surface area (Å²) in [6, 6.07) is 25.0. The molecule has 1 unspecified atom stereocenters. The lowest BCUT2D eigenvalue weighted by molar-refractivity contribution is 1.31. The molecule has 0 radical (unpaired) electrons. The fraction of sp³-hybridized carbons (Fsp3) is 0. The molecule has 3 heterocycles. The minimum absolute atomic E-state index is 0.546. The maximum atomic E-state index is 4.60. The molecule has 0 saturated heterocycles. The normalized spacial score (nSPS) is 11.4. The standard InChI is InChI=1S/C20H15N2P/c1-2-8-16(9-3-1)23-15-12-17(18-10-4-6-13-21-18)20(23)19-11-5-7-14-22-19/h1-15H. The Bertz CT molecular complexity index is 843. The average molecular weight is 314 g/mol. The van der Waals surface area contributed by atoms with Crippen LogP contribution in [0.2, 0.25) is 0 Å². The Balaban J connectivity index is 1.97. The molecule has 4 aromatic rings. The van der Waals surface area contributed by atoms with Gasteiger partial charge in [-0.3, -0.25) is 9.97 Å². The molecular weight excluding hydrogens is 299 g/mol. The summed E-state index contributed by atoms with van der Waals surface area (Å²) in [6.45, 7) is 0. The number of hydrogen-bond donors (Lipinski definition) is 0. The summed E-state index contributed by atoms with van der Waals surface area (Å²) in [5, 5.41) is 2.62. The van der Waals surface area contributed by atoms with Crippen LogP contribution in [-0.4, -0.2) is 9.97 Å². The Kier molecular flexibility index (Phi) is 3.75. The van der Waals surface area contributed by atoms with Gasteiger partial charge in [-0.1, -0.05) is 50.0 Å². The van der Waals surface area contributed by atoms with Gasteiger partial charge in [0.1, 0.15) is 0 Å². The number of aromatic nitrogens is 2. The third kappa shape index (κ3) is 2.69. The molecule has 23 heavy (non-hydrogen) atoms. The molecule has 0 aliphatic carbocycles. The predicted octanol–water partition coefficient (Wildman–Crippen LogP) is 5.79. The first kappa shape index (κ1) is 13.9. The van der Waals surface area contributed by atoms with E-state index in [2.05, 4.69) is 64.3 Å². The third-order valence-corrected chi connectivity index (χ3v) is 6.02. The van der Waals surface area contributed by atoms with Crippen molar-refractivity contribution in [3.05, 3.63) is 91.0 Å². The molecule has 0 N–H and O–H groups in total. The lowest BCUT2D eigenvalue weighted by atomic mass is 10.1. The minimum atomic E-state index is -0.546. The highest BCUT2D eigenvalue weighted by molar-refractivity contribution is 7.60. The van der Waals surface area contributed by atoms with Crippen molar-refractivity contribution in [1.82, 2.24) is 9.97 Å². The van der Waals surface area contributed by atoms with Crippen LogP contribution in [0.15, 0.2) is 91.0 Å². The van der Waals surface area contributed by atoms with Gasteiger partial charge in [0.25, 0.3) is 0 Å². The molecule has 0 aliphatic rings. The van der Waals surface area contributed by atoms with Crippen molar-refractivity contribution in [2.75, 3.05) is 0 Å². The van der Waals surface area contributed by atoms with Crippen molar-refractivity contribution >= 4 is 7.53 Å². The van der Waals surface area contributed by atoms with Crippen LogP contribution in [0.1, 0.15) is 0 Å². The SMILES string of the molecule is c1ccc(-p2ccc(-c3ccccn3)c2-c2ccccn2)cc1. The van der Waals surface area contributed by atoms with Crippen LogP contribution in [-0.2, 0) is 0 Å². The highest BCUT2D eigenvalue weighted by atomic mass is 31.1. The lowest BCUT2D eigenvalue weighted by Crippen LogP contribution is -1.85. The van der Waals surface area contributed by atoms with Gasteiger partial charge in [-0.05, 0) is 41.4 Å². The fourth-order valence-corrected chi connectivity index (χ4v) is 4.93. The van der Waals surface area contributed by atoms with Crippen LogP contribution in [0.3, 0.4) is 0 Å². The van der Waals surface area contributed by atoms with Crippen LogP contribution in [0.4, 0.5) is 0 Å². The molecule has 0 fully saturated rings. The molecule has 0 spiro atoms. The van der Waals surface area contributed by atoms with E-state index in [1.165, 1.54) is 16.2 Å². The Morgan fingerprint density at radius 3 is 1.91 bits per heavy atom. The van der Waals surface area contributed by atoms with Crippen LogP contribution in [0.25, 0.3) is 27.6 Å². The molecule has 1 atom stereocenters. The maximum Gasteiger partial charge on any atom is 0.0751 e. The van der Waals surface area contributed by atoms with Gasteiger partial charge in [-0.15, -0.1) is 0 Å². The van der Waals surface area contributed by atoms with Crippen molar-refractivity contribution in [2.45, 2.75) is 0 Å². The molecule has 0 aliphatic heterocycles. The van der Waals surface area contributed by atoms with E-state index in [0.29, 0.717) is 0 Å². The number of pyridine rings is 2. The van der Waals surface area contributed by atoms with Crippen molar-refractivity contribution in [3.8, 4) is 27.6 Å². The molecule has 3 heteroatoms. The second kappa shape index (κ2) is 6.20. The first-order valence-electron chi connectivity index (χ1n) is 7.53. The second-order valence-electron chi connectivity index (χ2n) is 5.21. The van der Waals surface area contributed by atoms with Gasteiger partial charge in [0.2, 0.25) is 0 Å². The monoisotopic (exact) mass is 314 g/mol. The van der Waals surface area contributed by atoms with E-state index in [1.54, 1.807) is 0 Å². The first-order valence-corrected chi connectivity index (χ1v) is 8.94. The highest BCUT2D eigenvalue weighted by Crippen LogP contribution is 2.53. The summed E-state index contributed by atoms with van der Waals surface area (Å²) in [5.41, 5.74) is 3.22. The van der Waals surface area contributed by atoms with Gasteiger partial charge in [-0.25, -0.2) is 0 Å². The largest absolute Gasteiger partial charge is 0.256 e. The van der Waals surface area contributed by atoms with E-state index in [0.717, 1.165) is 11.4 Å². The quantitative estimate of drug-likeness (QED) is 0.478. The Morgan fingerprint density at radius 2 is 1.26 bits per heavy atom. The number of rotatable bonds is 3. The molecule has 0 amide bonds. The molecule has 0 bridgehead atoms. The van der Waals surface area contributed by atoms with Gasteiger partial charge in [0, 0.05) is 23.3 Å². The molecule has 110 valence electrons. The summed E-state index contributed by atoms with van der Waals surface area (Å²) in [4.78, 5) is 9.14. The van der Waals surface area contributed by atoms with Crippen molar-refractivity contribution in [2.24, 2.45) is 0 Å². The Labute approximate surface area is 136 Å². The van der Waals surface area contributed by atoms with E-state index < -0.39 is 7.53 Å². The number of hydrogen-bond acceptors (Lipinski definition) is 2.